The Kier molecular flexibility index (Phi) is 6.93. The molecule has 0 saturated heterocycles. The molecule has 2 amide bonds. The van der Waals surface area contributed by atoms with Crippen LogP contribution in [0.2, 0.25) is 0 Å². The highest BCUT2D eigenvalue weighted by Gasteiger charge is 2.53. The second kappa shape index (κ2) is 9.29. The van der Waals surface area contributed by atoms with Crippen molar-refractivity contribution >= 4 is 28.4 Å². The van der Waals surface area contributed by atoms with E-state index >= 15 is 0 Å². The lowest BCUT2D eigenvalue weighted by atomic mass is 9.87. The number of nitrogens with zero attached hydrogens (tertiary/aromatic N) is 1. The van der Waals surface area contributed by atoms with Crippen molar-refractivity contribution in [2.75, 3.05) is 19.4 Å². The number of aliphatic hydroxyl groups excluding tert-OH is 2. The van der Waals surface area contributed by atoms with Crippen LogP contribution in [0.25, 0.3) is 10.9 Å². The Morgan fingerprint density at radius 2 is 1.83 bits per heavy atom. The fraction of sp³-hybridized carbons (Fsp3) is 0.429. The molecule has 0 aliphatic heterocycles. The molecule has 4 N–H and O–H groups in total. The Morgan fingerprint density at radius 1 is 1.20 bits per heavy atom. The molecule has 1 fully saturated rings. The maximum Gasteiger partial charge on any atom is 0.235 e. The van der Waals surface area contributed by atoms with Crippen LogP contribution in [0.3, 0.4) is 0 Å². The SMILES string of the molecule is C=C(C)/C(=C\C(O)=C(/C)O)C1(C(=O)Nc2ccc3[nH]c(C(C)(C)C)c(CC(=O)N(C)C)c3c2)CC1. The van der Waals surface area contributed by atoms with Crippen LogP contribution in [0.1, 0.15) is 58.7 Å². The summed E-state index contributed by atoms with van der Waals surface area (Å²) in [5.41, 5.74) is 3.74. The van der Waals surface area contributed by atoms with E-state index in [2.05, 4.69) is 37.7 Å². The van der Waals surface area contributed by atoms with Gasteiger partial charge in [0.15, 0.2) is 5.76 Å². The van der Waals surface area contributed by atoms with Gasteiger partial charge in [0.2, 0.25) is 11.8 Å². The van der Waals surface area contributed by atoms with Crippen LogP contribution >= 0.6 is 0 Å². The van der Waals surface area contributed by atoms with Crippen LogP contribution in [0.15, 0.2) is 53.5 Å². The average Bonchev–Trinajstić information content (AvgIpc) is 3.47. The number of aromatic nitrogens is 1. The van der Waals surface area contributed by atoms with Gasteiger partial charge in [0.25, 0.3) is 0 Å². The summed E-state index contributed by atoms with van der Waals surface area (Å²) in [7, 11) is 3.49. The Balaban J connectivity index is 2.00. The summed E-state index contributed by atoms with van der Waals surface area (Å²) in [4.78, 5) is 31.1. The lowest BCUT2D eigenvalue weighted by Crippen LogP contribution is -2.26. The van der Waals surface area contributed by atoms with E-state index in [1.807, 2.05) is 18.2 Å². The van der Waals surface area contributed by atoms with E-state index in [1.165, 1.54) is 13.0 Å². The maximum absolute atomic E-state index is 13.4. The molecule has 188 valence electrons. The maximum atomic E-state index is 13.4. The van der Waals surface area contributed by atoms with Gasteiger partial charge in [-0.05, 0) is 62.1 Å². The molecule has 7 heteroatoms. The average molecular weight is 480 g/mol. The number of allylic oxidation sites excluding steroid dienone is 3. The molecule has 0 bridgehead atoms. The van der Waals surface area contributed by atoms with Crippen molar-refractivity contribution in [1.82, 2.24) is 9.88 Å². The number of hydrogen-bond donors (Lipinski definition) is 4. The quantitative estimate of drug-likeness (QED) is 0.303. The molecule has 7 nitrogen and oxygen atoms in total. The van der Waals surface area contributed by atoms with Crippen molar-refractivity contribution < 1.29 is 19.8 Å². The molecule has 0 radical (unpaired) electrons. The third kappa shape index (κ3) is 5.29. The number of carbonyl (C=O) groups is 2. The van der Waals surface area contributed by atoms with Crippen LogP contribution < -0.4 is 5.32 Å². The molecule has 35 heavy (non-hydrogen) atoms. The predicted octanol–water partition coefficient (Wildman–Crippen LogP) is 5.66. The number of aromatic amines is 1. The van der Waals surface area contributed by atoms with Crippen molar-refractivity contribution in [2.45, 2.75) is 59.3 Å². The summed E-state index contributed by atoms with van der Waals surface area (Å²) >= 11 is 0. The third-order valence-electron chi connectivity index (χ3n) is 6.55. The minimum Gasteiger partial charge on any atom is -0.509 e. The van der Waals surface area contributed by atoms with E-state index in [9.17, 15) is 19.8 Å². The summed E-state index contributed by atoms with van der Waals surface area (Å²) < 4.78 is 0. The fourth-order valence-electron chi connectivity index (χ4n) is 4.36. The smallest absolute Gasteiger partial charge is 0.235 e. The second-order valence-electron chi connectivity index (χ2n) is 10.8. The molecule has 0 unspecified atom stereocenters. The van der Waals surface area contributed by atoms with Gasteiger partial charge in [0.1, 0.15) is 5.76 Å². The Labute approximate surface area is 207 Å². The fourth-order valence-corrected chi connectivity index (χ4v) is 4.36. The molecule has 1 aliphatic rings. The van der Waals surface area contributed by atoms with E-state index in [4.69, 9.17) is 0 Å². The van der Waals surface area contributed by atoms with E-state index in [-0.39, 0.29) is 35.2 Å². The number of nitrogens with one attached hydrogen (secondary N) is 2. The summed E-state index contributed by atoms with van der Waals surface area (Å²) in [6, 6.07) is 5.67. The highest BCUT2D eigenvalue weighted by molar-refractivity contribution is 6.02. The number of carbonyl (C=O) groups excluding carboxylic acids is 2. The van der Waals surface area contributed by atoms with Crippen molar-refractivity contribution in [1.29, 1.82) is 0 Å². The van der Waals surface area contributed by atoms with Crippen molar-refractivity contribution in [3.63, 3.8) is 0 Å². The Morgan fingerprint density at radius 3 is 2.31 bits per heavy atom. The van der Waals surface area contributed by atoms with Crippen LogP contribution in [-0.4, -0.2) is 46.0 Å². The molecule has 1 aromatic carbocycles. The van der Waals surface area contributed by atoms with Crippen LogP contribution in [0, 0.1) is 5.41 Å². The molecule has 1 aliphatic carbocycles. The molecule has 0 atom stereocenters. The number of likely N-dealkylation sites (N-methyl/N-ethyl adjacent to an activating group) is 1. The zero-order valence-electron chi connectivity index (χ0n) is 21.8. The molecule has 1 aromatic heterocycles. The number of aliphatic hydroxyl groups is 2. The van der Waals surface area contributed by atoms with Crippen LogP contribution in [0.5, 0.6) is 0 Å². The van der Waals surface area contributed by atoms with Gasteiger partial charge in [-0.15, -0.1) is 0 Å². The van der Waals surface area contributed by atoms with Gasteiger partial charge in [-0.3, -0.25) is 9.59 Å². The lowest BCUT2D eigenvalue weighted by Gasteiger charge is -2.20. The Hall–Kier alpha value is -3.48. The number of H-pyrrole nitrogens is 1. The van der Waals surface area contributed by atoms with E-state index in [0.717, 1.165) is 22.2 Å². The molecule has 1 heterocycles. The standard InChI is InChI=1S/C28H37N3O4/c1-16(2)21(15-23(33)17(3)32)28(11-12-28)26(35)29-18-9-10-22-19(13-18)20(14-24(34)31(7)8)25(30-22)27(4,5)6/h9-10,13,15,30,32-33H,1,11-12,14H2,2-8H3,(H,29,35)/b21-15+,23-17-. The van der Waals surface area contributed by atoms with Gasteiger partial charge in [-0.25, -0.2) is 0 Å². The number of benzene rings is 1. The first kappa shape index (κ1) is 26.1. The lowest BCUT2D eigenvalue weighted by molar-refractivity contribution is -0.128. The van der Waals surface area contributed by atoms with Crippen LogP contribution in [-0.2, 0) is 21.4 Å². The molecule has 0 spiro atoms. The molecular weight excluding hydrogens is 442 g/mol. The van der Waals surface area contributed by atoms with Gasteiger partial charge in [0.05, 0.1) is 11.8 Å². The minimum absolute atomic E-state index is 0.00560. The number of hydrogen-bond acceptors (Lipinski definition) is 4. The van der Waals surface area contributed by atoms with E-state index in [1.54, 1.807) is 25.9 Å². The van der Waals surface area contributed by atoms with Gasteiger partial charge < -0.3 is 25.4 Å². The van der Waals surface area contributed by atoms with Gasteiger partial charge in [-0.1, -0.05) is 32.9 Å². The third-order valence-corrected chi connectivity index (χ3v) is 6.55. The summed E-state index contributed by atoms with van der Waals surface area (Å²) in [5.74, 6) is -0.675. The number of fused-ring (bicyclic) bond motifs is 1. The van der Waals surface area contributed by atoms with E-state index in [0.29, 0.717) is 29.7 Å². The summed E-state index contributed by atoms with van der Waals surface area (Å²) in [6.07, 6.45) is 2.94. The normalized spacial score (nSPS) is 16.0. The first-order chi connectivity index (χ1) is 16.2. The summed E-state index contributed by atoms with van der Waals surface area (Å²) in [6.45, 7) is 13.5. The van der Waals surface area contributed by atoms with Gasteiger partial charge in [-0.2, -0.15) is 0 Å². The predicted molar refractivity (Wildman–Crippen MR) is 141 cm³/mol. The van der Waals surface area contributed by atoms with Gasteiger partial charge in [0, 0.05) is 41.8 Å². The largest absolute Gasteiger partial charge is 0.509 e. The van der Waals surface area contributed by atoms with Crippen molar-refractivity contribution in [3.8, 4) is 0 Å². The Bertz CT molecular complexity index is 1250. The number of amides is 2. The number of anilines is 1. The zero-order chi connectivity index (χ0) is 26.3. The number of rotatable bonds is 7. The molecule has 2 aromatic rings. The van der Waals surface area contributed by atoms with Crippen molar-refractivity contribution in [2.24, 2.45) is 5.41 Å². The van der Waals surface area contributed by atoms with Gasteiger partial charge >= 0.3 is 0 Å². The first-order valence-corrected chi connectivity index (χ1v) is 11.8. The minimum atomic E-state index is -0.803. The monoisotopic (exact) mass is 479 g/mol. The molecular formula is C28H37N3O4. The van der Waals surface area contributed by atoms with Crippen molar-refractivity contribution in [3.05, 3.63) is 64.8 Å². The second-order valence-corrected chi connectivity index (χ2v) is 10.8. The van der Waals surface area contributed by atoms with Crippen LogP contribution in [0.4, 0.5) is 5.69 Å². The zero-order valence-corrected chi connectivity index (χ0v) is 21.8. The topological polar surface area (TPSA) is 106 Å². The first-order valence-electron chi connectivity index (χ1n) is 11.8. The highest BCUT2D eigenvalue weighted by Crippen LogP contribution is 2.55. The molecule has 1 saturated carbocycles. The van der Waals surface area contributed by atoms with E-state index < -0.39 is 5.41 Å². The molecule has 3 rings (SSSR count). The summed E-state index contributed by atoms with van der Waals surface area (Å²) in [5, 5.41) is 23.6. The highest BCUT2D eigenvalue weighted by atomic mass is 16.3.